The Hall–Kier alpha value is -2.61. The van der Waals surface area contributed by atoms with Gasteiger partial charge in [0.1, 0.15) is 0 Å². The van der Waals surface area contributed by atoms with Crippen molar-refractivity contribution in [2.24, 2.45) is 0 Å². The highest BCUT2D eigenvalue weighted by Gasteiger charge is 2.06. The fourth-order valence-electron chi connectivity index (χ4n) is 1.31. The van der Waals surface area contributed by atoms with Gasteiger partial charge in [0.25, 0.3) is 0 Å². The molecule has 0 aliphatic rings. The van der Waals surface area contributed by atoms with E-state index in [9.17, 15) is 9.59 Å². The maximum absolute atomic E-state index is 11.5. The van der Waals surface area contributed by atoms with Crippen molar-refractivity contribution >= 4 is 11.9 Å². The number of carboxylic acids is 1. The first-order valence-electron chi connectivity index (χ1n) is 5.18. The molecule has 0 saturated carbocycles. The van der Waals surface area contributed by atoms with Crippen LogP contribution in [-0.2, 0) is 16.1 Å². The molecule has 1 N–H and O–H groups in total. The summed E-state index contributed by atoms with van der Waals surface area (Å²) in [5, 5.41) is 17.0. The lowest BCUT2D eigenvalue weighted by molar-refractivity contribution is -0.132. The van der Waals surface area contributed by atoms with Crippen LogP contribution in [0.15, 0.2) is 36.4 Å². The van der Waals surface area contributed by atoms with Crippen molar-refractivity contribution in [2.75, 3.05) is 7.05 Å². The van der Waals surface area contributed by atoms with E-state index in [-0.39, 0.29) is 5.91 Å². The summed E-state index contributed by atoms with van der Waals surface area (Å²) in [6, 6.07) is 8.85. The van der Waals surface area contributed by atoms with Crippen molar-refractivity contribution in [2.45, 2.75) is 6.54 Å². The van der Waals surface area contributed by atoms with Crippen molar-refractivity contribution in [3.05, 3.63) is 47.5 Å². The van der Waals surface area contributed by atoms with Crippen LogP contribution < -0.4 is 0 Å². The van der Waals surface area contributed by atoms with E-state index in [1.165, 1.54) is 4.90 Å². The second-order valence-corrected chi connectivity index (χ2v) is 3.67. The second-order valence-electron chi connectivity index (χ2n) is 3.67. The summed E-state index contributed by atoms with van der Waals surface area (Å²) < 4.78 is 0. The van der Waals surface area contributed by atoms with E-state index >= 15 is 0 Å². The lowest BCUT2D eigenvalue weighted by atomic mass is 10.1. The van der Waals surface area contributed by atoms with E-state index in [1.807, 2.05) is 6.07 Å². The Balaban J connectivity index is 2.63. The molecular weight excluding hydrogens is 232 g/mol. The van der Waals surface area contributed by atoms with Gasteiger partial charge in [0.05, 0.1) is 11.6 Å². The van der Waals surface area contributed by atoms with Gasteiger partial charge in [-0.15, -0.1) is 0 Å². The summed E-state index contributed by atoms with van der Waals surface area (Å²) in [5.74, 6) is -1.54. The number of carboxylic acid groups (broad SMARTS) is 1. The molecule has 0 heterocycles. The first-order chi connectivity index (χ1) is 8.52. The molecule has 0 aliphatic heterocycles. The summed E-state index contributed by atoms with van der Waals surface area (Å²) in [5.41, 5.74) is 1.42. The third kappa shape index (κ3) is 4.10. The van der Waals surface area contributed by atoms with E-state index in [1.54, 1.807) is 31.3 Å². The molecule has 5 heteroatoms. The van der Waals surface area contributed by atoms with Gasteiger partial charge < -0.3 is 10.0 Å². The summed E-state index contributed by atoms with van der Waals surface area (Å²) in [6.45, 7) is 0.356. The molecule has 0 spiro atoms. The van der Waals surface area contributed by atoms with Crippen LogP contribution in [0.2, 0.25) is 0 Å². The number of likely N-dealkylation sites (N-methyl/N-ethyl adjacent to an activating group) is 1. The van der Waals surface area contributed by atoms with E-state index in [2.05, 4.69) is 0 Å². The van der Waals surface area contributed by atoms with Gasteiger partial charge in [-0.2, -0.15) is 5.26 Å². The summed E-state index contributed by atoms with van der Waals surface area (Å²) in [7, 11) is 1.58. The molecule has 1 rings (SSSR count). The average Bonchev–Trinajstić information content (AvgIpc) is 2.36. The molecule has 0 saturated heterocycles. The van der Waals surface area contributed by atoms with Gasteiger partial charge in [-0.3, -0.25) is 4.79 Å². The second kappa shape index (κ2) is 6.21. The Labute approximate surface area is 105 Å². The number of nitriles is 1. The lowest BCUT2D eigenvalue weighted by Gasteiger charge is -2.14. The number of hydrogen-bond donors (Lipinski definition) is 1. The monoisotopic (exact) mass is 244 g/mol. The summed E-state index contributed by atoms with van der Waals surface area (Å²) in [6.07, 6.45) is 1.81. The van der Waals surface area contributed by atoms with E-state index in [4.69, 9.17) is 10.4 Å². The predicted octanol–water partition coefficient (Wildman–Crippen LogP) is 1.16. The highest BCUT2D eigenvalue weighted by atomic mass is 16.4. The fourth-order valence-corrected chi connectivity index (χ4v) is 1.31. The third-order valence-electron chi connectivity index (χ3n) is 2.25. The molecule has 5 nitrogen and oxygen atoms in total. The molecule has 92 valence electrons. The molecule has 0 unspecified atom stereocenters. The van der Waals surface area contributed by atoms with Crippen LogP contribution in [0.4, 0.5) is 0 Å². The van der Waals surface area contributed by atoms with Crippen LogP contribution in [0, 0.1) is 11.3 Å². The molecule has 18 heavy (non-hydrogen) atoms. The molecule has 1 aromatic rings. The normalized spacial score (nSPS) is 10.0. The molecule has 0 fully saturated rings. The molecular formula is C13H12N2O3. The van der Waals surface area contributed by atoms with Crippen molar-refractivity contribution in [3.63, 3.8) is 0 Å². The Morgan fingerprint density at radius 3 is 2.44 bits per heavy atom. The minimum Gasteiger partial charge on any atom is -0.478 e. The number of carbonyl (C=O) groups is 2. The molecule has 0 radical (unpaired) electrons. The minimum absolute atomic E-state index is 0.356. The topological polar surface area (TPSA) is 81.4 Å². The zero-order chi connectivity index (χ0) is 13.5. The summed E-state index contributed by atoms with van der Waals surface area (Å²) in [4.78, 5) is 23.2. The van der Waals surface area contributed by atoms with Gasteiger partial charge >= 0.3 is 5.97 Å². The predicted molar refractivity (Wildman–Crippen MR) is 64.4 cm³/mol. The zero-order valence-corrected chi connectivity index (χ0v) is 9.83. The number of rotatable bonds is 4. The van der Waals surface area contributed by atoms with Gasteiger partial charge in [0, 0.05) is 25.7 Å². The molecule has 0 atom stereocenters. The summed E-state index contributed by atoms with van der Waals surface area (Å²) >= 11 is 0. The van der Waals surface area contributed by atoms with Crippen LogP contribution >= 0.6 is 0 Å². The third-order valence-corrected chi connectivity index (χ3v) is 2.25. The van der Waals surface area contributed by atoms with Crippen LogP contribution in [0.25, 0.3) is 0 Å². The smallest absolute Gasteiger partial charge is 0.328 e. The van der Waals surface area contributed by atoms with Crippen molar-refractivity contribution in [1.82, 2.24) is 4.90 Å². The van der Waals surface area contributed by atoms with Gasteiger partial charge in [-0.25, -0.2) is 4.79 Å². The standard InChI is InChI=1S/C13H12N2O3/c1-15(12(16)6-7-13(17)18)9-11-4-2-10(8-14)3-5-11/h2-7H,9H2,1H3,(H,17,18)/b7-6+. The Kier molecular flexibility index (Phi) is 4.64. The quantitative estimate of drug-likeness (QED) is 0.806. The number of aliphatic carboxylic acids is 1. The Bertz CT molecular complexity index is 512. The SMILES string of the molecule is CN(Cc1ccc(C#N)cc1)C(=O)/C=C/C(=O)O. The van der Waals surface area contributed by atoms with E-state index < -0.39 is 5.97 Å². The number of benzene rings is 1. The number of carbonyl (C=O) groups excluding carboxylic acids is 1. The maximum atomic E-state index is 11.5. The maximum Gasteiger partial charge on any atom is 0.328 e. The average molecular weight is 244 g/mol. The molecule has 1 aromatic carbocycles. The van der Waals surface area contributed by atoms with Gasteiger partial charge in [-0.05, 0) is 17.7 Å². The van der Waals surface area contributed by atoms with Gasteiger partial charge in [0.2, 0.25) is 5.91 Å². The van der Waals surface area contributed by atoms with Crippen LogP contribution in [0.3, 0.4) is 0 Å². The highest BCUT2D eigenvalue weighted by molar-refractivity contribution is 5.93. The number of hydrogen-bond acceptors (Lipinski definition) is 3. The molecule has 1 amide bonds. The Morgan fingerprint density at radius 1 is 1.33 bits per heavy atom. The number of amides is 1. The molecule has 0 aromatic heterocycles. The van der Waals surface area contributed by atoms with Crippen molar-refractivity contribution in [1.29, 1.82) is 5.26 Å². The van der Waals surface area contributed by atoms with Gasteiger partial charge in [-0.1, -0.05) is 12.1 Å². The highest BCUT2D eigenvalue weighted by Crippen LogP contribution is 2.06. The molecule has 0 bridgehead atoms. The fraction of sp³-hybridized carbons (Fsp3) is 0.154. The molecule has 0 aliphatic carbocycles. The zero-order valence-electron chi connectivity index (χ0n) is 9.83. The minimum atomic E-state index is -1.16. The van der Waals surface area contributed by atoms with Crippen LogP contribution in [0.1, 0.15) is 11.1 Å². The largest absolute Gasteiger partial charge is 0.478 e. The Morgan fingerprint density at radius 2 is 1.94 bits per heavy atom. The van der Waals surface area contributed by atoms with Gasteiger partial charge in [0.15, 0.2) is 0 Å². The lowest BCUT2D eigenvalue weighted by Crippen LogP contribution is -2.24. The first-order valence-corrected chi connectivity index (χ1v) is 5.18. The van der Waals surface area contributed by atoms with Crippen molar-refractivity contribution < 1.29 is 14.7 Å². The number of nitrogens with zero attached hydrogens (tertiary/aromatic N) is 2. The first kappa shape index (κ1) is 13.5. The van der Waals surface area contributed by atoms with Crippen LogP contribution in [0.5, 0.6) is 0 Å². The van der Waals surface area contributed by atoms with E-state index in [0.717, 1.165) is 17.7 Å². The van der Waals surface area contributed by atoms with Crippen molar-refractivity contribution in [3.8, 4) is 6.07 Å². The van der Waals surface area contributed by atoms with Crippen LogP contribution in [-0.4, -0.2) is 28.9 Å². The van der Waals surface area contributed by atoms with E-state index in [0.29, 0.717) is 12.1 Å².